The van der Waals surface area contributed by atoms with Gasteiger partial charge in [-0.25, -0.2) is 4.79 Å². The fourth-order valence-corrected chi connectivity index (χ4v) is 4.80. The quantitative estimate of drug-likeness (QED) is 0.0601. The number of aliphatic imine (C=N–C) groups is 1. The van der Waals surface area contributed by atoms with Crippen LogP contribution in [0.25, 0.3) is 10.9 Å². The van der Waals surface area contributed by atoms with Gasteiger partial charge in [0.2, 0.25) is 17.7 Å². The zero-order valence-electron chi connectivity index (χ0n) is 25.3. The minimum Gasteiger partial charge on any atom is -0.508 e. The van der Waals surface area contributed by atoms with Gasteiger partial charge in [-0.1, -0.05) is 44.2 Å². The summed E-state index contributed by atoms with van der Waals surface area (Å²) in [5.41, 5.74) is 19.3. The lowest BCUT2D eigenvalue weighted by atomic mass is 10.0. The van der Waals surface area contributed by atoms with Crippen molar-refractivity contribution in [3.05, 3.63) is 65.9 Å². The normalized spacial score (nSPS) is 13.8. The Labute approximate surface area is 260 Å². The zero-order chi connectivity index (χ0) is 33.1. The van der Waals surface area contributed by atoms with Crippen LogP contribution in [0.3, 0.4) is 0 Å². The van der Waals surface area contributed by atoms with Gasteiger partial charge in [0.1, 0.15) is 23.9 Å². The van der Waals surface area contributed by atoms with Gasteiger partial charge < -0.3 is 48.3 Å². The predicted molar refractivity (Wildman–Crippen MR) is 170 cm³/mol. The molecule has 0 bridgehead atoms. The van der Waals surface area contributed by atoms with Crippen LogP contribution >= 0.6 is 0 Å². The Hall–Kier alpha value is -5.11. The summed E-state index contributed by atoms with van der Waals surface area (Å²) >= 11 is 0. The van der Waals surface area contributed by atoms with Gasteiger partial charge in [-0.2, -0.15) is 0 Å². The molecule has 1 heterocycles. The van der Waals surface area contributed by atoms with Crippen molar-refractivity contribution in [1.29, 1.82) is 0 Å². The van der Waals surface area contributed by atoms with Crippen LogP contribution in [-0.4, -0.2) is 75.6 Å². The van der Waals surface area contributed by atoms with Gasteiger partial charge in [0.25, 0.3) is 0 Å². The number of carboxylic acids is 1. The summed E-state index contributed by atoms with van der Waals surface area (Å²) in [4.78, 5) is 59.2. The summed E-state index contributed by atoms with van der Waals surface area (Å²) < 4.78 is 0. The molecule has 45 heavy (non-hydrogen) atoms. The number of nitrogens with two attached hydrogens (primary N) is 3. The molecule has 0 radical (unpaired) electrons. The van der Waals surface area contributed by atoms with Crippen molar-refractivity contribution in [2.75, 3.05) is 6.54 Å². The second-order valence-corrected chi connectivity index (χ2v) is 11.2. The summed E-state index contributed by atoms with van der Waals surface area (Å²) in [7, 11) is 0. The van der Waals surface area contributed by atoms with E-state index in [2.05, 4.69) is 25.9 Å². The first kappa shape index (κ1) is 34.4. The molecule has 3 rings (SSSR count). The molecule has 0 fully saturated rings. The summed E-state index contributed by atoms with van der Waals surface area (Å²) in [6.07, 6.45) is 2.35. The molecule has 12 N–H and O–H groups in total. The number of guanidine groups is 1. The average Bonchev–Trinajstić information content (AvgIpc) is 3.40. The lowest BCUT2D eigenvalue weighted by Gasteiger charge is -2.26. The zero-order valence-corrected chi connectivity index (χ0v) is 25.3. The number of H-pyrrole nitrogens is 1. The van der Waals surface area contributed by atoms with Gasteiger partial charge in [-0.05, 0) is 54.5 Å². The molecule has 2 aromatic carbocycles. The number of carbonyl (C=O) groups excluding carboxylic acids is 3. The number of phenolic OH excluding ortho intramolecular Hbond substituents is 1. The van der Waals surface area contributed by atoms with Crippen LogP contribution in [-0.2, 0) is 32.0 Å². The number of carbonyl (C=O) groups is 4. The average molecular weight is 623 g/mol. The van der Waals surface area contributed by atoms with Crippen LogP contribution in [0.1, 0.15) is 37.8 Å². The minimum atomic E-state index is -1.21. The van der Waals surface area contributed by atoms with Gasteiger partial charge in [0, 0.05) is 30.1 Å². The van der Waals surface area contributed by atoms with Crippen LogP contribution in [0.4, 0.5) is 0 Å². The van der Waals surface area contributed by atoms with Crippen molar-refractivity contribution in [2.45, 2.75) is 63.7 Å². The maximum absolute atomic E-state index is 13.8. The van der Waals surface area contributed by atoms with Crippen molar-refractivity contribution in [3.8, 4) is 5.75 Å². The lowest BCUT2D eigenvalue weighted by Crippen LogP contribution is -2.58. The summed E-state index contributed by atoms with van der Waals surface area (Å²) in [6, 6.07) is 9.24. The molecule has 4 atom stereocenters. The third-order valence-electron chi connectivity index (χ3n) is 7.27. The highest BCUT2D eigenvalue weighted by Crippen LogP contribution is 2.20. The van der Waals surface area contributed by atoms with Crippen molar-refractivity contribution in [1.82, 2.24) is 20.9 Å². The standard InChI is InChI=1S/C31H42N8O6/c1-17(2)26(30(44)45)39-28(42)24(8-5-13-35-31(33)34)37-29(43)25(15-19-16-36-23-7-4-3-6-21(19)23)38-27(41)22(32)14-18-9-11-20(40)12-10-18/h3-4,6-7,9-12,16-17,22,24-26,36,40H,5,8,13-15,32H2,1-2H3,(H,37,43)(H,38,41)(H,39,42)(H,44,45)(H4,33,34,35). The number of fused-ring (bicyclic) bond motifs is 1. The number of aliphatic carboxylic acids is 1. The van der Waals surface area contributed by atoms with Crippen LogP contribution in [0.2, 0.25) is 0 Å². The van der Waals surface area contributed by atoms with Gasteiger partial charge in [0.15, 0.2) is 5.96 Å². The molecule has 3 aromatic rings. The summed E-state index contributed by atoms with van der Waals surface area (Å²) in [6.45, 7) is 3.48. The Morgan fingerprint density at radius 2 is 1.53 bits per heavy atom. The van der Waals surface area contributed by atoms with Gasteiger partial charge in [-0.3, -0.25) is 19.4 Å². The van der Waals surface area contributed by atoms with Crippen molar-refractivity contribution in [3.63, 3.8) is 0 Å². The Bertz CT molecular complexity index is 1500. The number of aromatic amines is 1. The number of nitrogens with one attached hydrogen (secondary N) is 4. The fraction of sp³-hybridized carbons (Fsp3) is 0.387. The Morgan fingerprint density at radius 1 is 0.889 bits per heavy atom. The molecular weight excluding hydrogens is 580 g/mol. The molecule has 3 amide bonds. The van der Waals surface area contributed by atoms with Gasteiger partial charge in [0.05, 0.1) is 6.04 Å². The maximum Gasteiger partial charge on any atom is 0.326 e. The summed E-state index contributed by atoms with van der Waals surface area (Å²) in [5.74, 6) is -3.64. The highest BCUT2D eigenvalue weighted by atomic mass is 16.4. The lowest BCUT2D eigenvalue weighted by molar-refractivity contribution is -0.143. The van der Waals surface area contributed by atoms with E-state index in [1.807, 2.05) is 24.3 Å². The number of para-hydroxylation sites is 1. The number of hydrogen-bond acceptors (Lipinski definition) is 7. The van der Waals surface area contributed by atoms with Crippen LogP contribution in [0.15, 0.2) is 59.7 Å². The molecular formula is C31H42N8O6. The number of phenols is 1. The first-order valence-corrected chi connectivity index (χ1v) is 14.6. The molecule has 0 saturated heterocycles. The molecule has 4 unspecified atom stereocenters. The molecule has 242 valence electrons. The van der Waals surface area contributed by atoms with E-state index < -0.39 is 53.8 Å². The van der Waals surface area contributed by atoms with Gasteiger partial charge in [-0.15, -0.1) is 0 Å². The highest BCUT2D eigenvalue weighted by molar-refractivity contribution is 5.95. The smallest absolute Gasteiger partial charge is 0.326 e. The second kappa shape index (κ2) is 16.1. The third kappa shape index (κ3) is 10.2. The van der Waals surface area contributed by atoms with Crippen molar-refractivity contribution < 1.29 is 29.4 Å². The largest absolute Gasteiger partial charge is 0.508 e. The van der Waals surface area contributed by atoms with Crippen molar-refractivity contribution >= 4 is 40.6 Å². The fourth-order valence-electron chi connectivity index (χ4n) is 4.80. The van der Waals surface area contributed by atoms with Crippen LogP contribution in [0, 0.1) is 5.92 Å². The van der Waals surface area contributed by atoms with E-state index in [-0.39, 0.29) is 37.5 Å². The number of aromatic hydroxyl groups is 1. The first-order valence-electron chi connectivity index (χ1n) is 14.6. The molecule has 1 aromatic heterocycles. The molecule has 0 aliphatic rings. The van der Waals surface area contributed by atoms with E-state index >= 15 is 0 Å². The van der Waals surface area contributed by atoms with Crippen molar-refractivity contribution in [2.24, 2.45) is 28.1 Å². The predicted octanol–water partition coefficient (Wildman–Crippen LogP) is 0.235. The molecule has 0 aliphatic carbocycles. The Kier molecular flexibility index (Phi) is 12.3. The van der Waals surface area contributed by atoms with E-state index in [9.17, 15) is 29.4 Å². The minimum absolute atomic E-state index is 0.0690. The molecule has 0 saturated carbocycles. The number of nitrogens with zero attached hydrogens (tertiary/aromatic N) is 1. The Balaban J connectivity index is 1.85. The van der Waals surface area contributed by atoms with E-state index in [4.69, 9.17) is 17.2 Å². The maximum atomic E-state index is 13.8. The topological polar surface area (TPSA) is 251 Å². The number of aromatic nitrogens is 1. The van der Waals surface area contributed by atoms with E-state index in [0.717, 1.165) is 16.5 Å². The van der Waals surface area contributed by atoms with Crippen LogP contribution in [0.5, 0.6) is 5.75 Å². The number of amides is 3. The summed E-state index contributed by atoms with van der Waals surface area (Å²) in [5, 5.41) is 27.9. The highest BCUT2D eigenvalue weighted by Gasteiger charge is 2.31. The number of hydrogen-bond donors (Lipinski definition) is 9. The second-order valence-electron chi connectivity index (χ2n) is 11.2. The molecule has 0 aliphatic heterocycles. The molecule has 0 spiro atoms. The first-order chi connectivity index (χ1) is 21.3. The van der Waals surface area contributed by atoms with Gasteiger partial charge >= 0.3 is 5.97 Å². The number of rotatable bonds is 16. The van der Waals surface area contributed by atoms with E-state index in [0.29, 0.717) is 12.0 Å². The Morgan fingerprint density at radius 3 is 2.18 bits per heavy atom. The van der Waals surface area contributed by atoms with E-state index in [1.54, 1.807) is 32.2 Å². The SMILES string of the molecule is CC(C)C(NC(=O)C(CCCN=C(N)N)NC(=O)C(Cc1c[nH]c2ccccc12)NC(=O)C(N)Cc1ccc(O)cc1)C(=O)O. The number of carboxylic acid groups (broad SMARTS) is 1. The molecule has 14 nitrogen and oxygen atoms in total. The number of benzene rings is 2. The van der Waals surface area contributed by atoms with Crippen LogP contribution < -0.4 is 33.2 Å². The molecule has 14 heteroatoms. The van der Waals surface area contributed by atoms with E-state index in [1.165, 1.54) is 12.1 Å². The third-order valence-corrected chi connectivity index (χ3v) is 7.27. The monoisotopic (exact) mass is 622 g/mol.